The lowest BCUT2D eigenvalue weighted by Gasteiger charge is -2.23. The summed E-state index contributed by atoms with van der Waals surface area (Å²) in [4.78, 5) is 19.4. The smallest absolute Gasteiger partial charge is 0.271 e. The Hall–Kier alpha value is -1.20. The van der Waals surface area contributed by atoms with Gasteiger partial charge in [0.25, 0.3) is 5.91 Å². The van der Waals surface area contributed by atoms with Gasteiger partial charge in [-0.3, -0.25) is 4.79 Å². The molecule has 1 aliphatic heterocycles. The van der Waals surface area contributed by atoms with Crippen LogP contribution in [-0.4, -0.2) is 34.6 Å². The molecule has 1 atom stereocenters. The highest BCUT2D eigenvalue weighted by atomic mass is 35.5. The number of hydrogen-bond donors (Lipinski definition) is 1. The summed E-state index contributed by atoms with van der Waals surface area (Å²) in [6.07, 6.45) is 4.70. The molecule has 2 heterocycles. The Bertz CT molecular complexity index is 402. The Morgan fingerprint density at radius 1 is 1.59 bits per heavy atom. The van der Waals surface area contributed by atoms with Crippen molar-refractivity contribution < 1.29 is 9.53 Å². The van der Waals surface area contributed by atoms with Crippen LogP contribution in [0.2, 0.25) is 5.15 Å². The minimum Gasteiger partial charge on any atom is -0.373 e. The van der Waals surface area contributed by atoms with Crippen LogP contribution >= 0.6 is 11.6 Å². The van der Waals surface area contributed by atoms with Gasteiger partial charge in [0.15, 0.2) is 0 Å². The fourth-order valence-electron chi connectivity index (χ4n) is 1.76. The number of halogens is 1. The van der Waals surface area contributed by atoms with Gasteiger partial charge in [-0.15, -0.1) is 0 Å². The van der Waals surface area contributed by atoms with E-state index < -0.39 is 0 Å². The standard InChI is InChI=1S/C11H14ClN3O2/c1-11(3-2-4-17-11)7-15-10(16)8-5-14-9(12)6-13-8/h5-6H,2-4,7H2,1H3,(H,15,16). The molecule has 1 N–H and O–H groups in total. The third-order valence-corrected chi connectivity index (χ3v) is 2.97. The van der Waals surface area contributed by atoms with Crippen LogP contribution in [0, 0.1) is 0 Å². The zero-order chi connectivity index (χ0) is 12.3. The van der Waals surface area contributed by atoms with Crippen LogP contribution in [0.15, 0.2) is 12.4 Å². The minimum atomic E-state index is -0.258. The van der Waals surface area contributed by atoms with Crippen molar-refractivity contribution >= 4 is 17.5 Å². The number of ether oxygens (including phenoxy) is 1. The van der Waals surface area contributed by atoms with Crippen LogP contribution in [0.5, 0.6) is 0 Å². The maximum absolute atomic E-state index is 11.7. The van der Waals surface area contributed by atoms with Crippen molar-refractivity contribution in [3.8, 4) is 0 Å². The first-order valence-corrected chi connectivity index (χ1v) is 5.87. The van der Waals surface area contributed by atoms with E-state index in [1.165, 1.54) is 12.4 Å². The highest BCUT2D eigenvalue weighted by molar-refractivity contribution is 6.29. The Morgan fingerprint density at radius 2 is 2.41 bits per heavy atom. The molecule has 1 aromatic rings. The predicted molar refractivity (Wildman–Crippen MR) is 63.0 cm³/mol. The number of rotatable bonds is 3. The van der Waals surface area contributed by atoms with Gasteiger partial charge in [-0.25, -0.2) is 9.97 Å². The normalized spacial score (nSPS) is 23.6. The number of carbonyl (C=O) groups is 1. The zero-order valence-electron chi connectivity index (χ0n) is 9.57. The van der Waals surface area contributed by atoms with Crippen molar-refractivity contribution in [1.29, 1.82) is 0 Å². The fourth-order valence-corrected chi connectivity index (χ4v) is 1.86. The van der Waals surface area contributed by atoms with E-state index in [4.69, 9.17) is 16.3 Å². The SMILES string of the molecule is CC1(CNC(=O)c2cnc(Cl)cn2)CCCO1. The molecule has 0 aliphatic carbocycles. The van der Waals surface area contributed by atoms with Crippen LogP contribution in [-0.2, 0) is 4.74 Å². The second kappa shape index (κ2) is 4.98. The molecular weight excluding hydrogens is 242 g/mol. The average Bonchev–Trinajstić information content (AvgIpc) is 2.75. The predicted octanol–water partition coefficient (Wildman–Crippen LogP) is 1.43. The van der Waals surface area contributed by atoms with Crippen molar-refractivity contribution in [3.05, 3.63) is 23.2 Å². The molecule has 0 aromatic carbocycles. The lowest BCUT2D eigenvalue weighted by atomic mass is 10.0. The van der Waals surface area contributed by atoms with Crippen molar-refractivity contribution in [3.63, 3.8) is 0 Å². The molecule has 17 heavy (non-hydrogen) atoms. The summed E-state index contributed by atoms with van der Waals surface area (Å²) in [7, 11) is 0. The topological polar surface area (TPSA) is 64.1 Å². The number of amides is 1. The first-order chi connectivity index (χ1) is 8.09. The zero-order valence-corrected chi connectivity index (χ0v) is 10.3. The van der Waals surface area contributed by atoms with Gasteiger partial charge in [0.1, 0.15) is 10.8 Å². The van der Waals surface area contributed by atoms with Crippen LogP contribution in [0.25, 0.3) is 0 Å². The Kier molecular flexibility index (Phi) is 3.59. The van der Waals surface area contributed by atoms with Crippen molar-refractivity contribution in [2.75, 3.05) is 13.2 Å². The maximum atomic E-state index is 11.7. The van der Waals surface area contributed by atoms with Crippen molar-refractivity contribution in [1.82, 2.24) is 15.3 Å². The maximum Gasteiger partial charge on any atom is 0.271 e. The molecule has 0 saturated carbocycles. The third kappa shape index (κ3) is 3.14. The summed E-state index contributed by atoms with van der Waals surface area (Å²) in [5, 5.41) is 3.06. The summed E-state index contributed by atoms with van der Waals surface area (Å²) in [5.41, 5.74) is 0.00573. The average molecular weight is 256 g/mol. The van der Waals surface area contributed by atoms with Crippen LogP contribution in [0.4, 0.5) is 0 Å². The monoisotopic (exact) mass is 255 g/mol. The van der Waals surface area contributed by atoms with Gasteiger partial charge in [-0.1, -0.05) is 11.6 Å². The first-order valence-electron chi connectivity index (χ1n) is 5.49. The molecule has 5 nitrogen and oxygen atoms in total. The number of nitrogens with zero attached hydrogens (tertiary/aromatic N) is 2. The highest BCUT2D eigenvalue weighted by Crippen LogP contribution is 2.23. The van der Waals surface area contributed by atoms with E-state index in [1.807, 2.05) is 6.92 Å². The Balaban J connectivity index is 1.91. The van der Waals surface area contributed by atoms with Gasteiger partial charge < -0.3 is 10.1 Å². The molecule has 1 fully saturated rings. The van der Waals surface area contributed by atoms with Gasteiger partial charge in [0, 0.05) is 13.2 Å². The lowest BCUT2D eigenvalue weighted by molar-refractivity contribution is 0.0205. The van der Waals surface area contributed by atoms with E-state index in [1.54, 1.807) is 0 Å². The van der Waals surface area contributed by atoms with Gasteiger partial charge in [0.05, 0.1) is 18.0 Å². The van der Waals surface area contributed by atoms with E-state index in [-0.39, 0.29) is 22.4 Å². The van der Waals surface area contributed by atoms with E-state index in [0.717, 1.165) is 19.4 Å². The highest BCUT2D eigenvalue weighted by Gasteiger charge is 2.30. The number of carbonyl (C=O) groups excluding carboxylic acids is 1. The van der Waals surface area contributed by atoms with Crippen LogP contribution in [0.3, 0.4) is 0 Å². The number of aromatic nitrogens is 2. The van der Waals surface area contributed by atoms with E-state index in [0.29, 0.717) is 6.54 Å². The molecule has 1 aromatic heterocycles. The van der Waals surface area contributed by atoms with Gasteiger partial charge in [-0.2, -0.15) is 0 Å². The largest absolute Gasteiger partial charge is 0.373 e. The molecule has 1 unspecified atom stereocenters. The summed E-state index contributed by atoms with van der Waals surface area (Å²) in [5.74, 6) is -0.258. The molecule has 0 bridgehead atoms. The molecule has 2 rings (SSSR count). The molecule has 0 radical (unpaired) electrons. The summed E-state index contributed by atoms with van der Waals surface area (Å²) in [6, 6.07) is 0. The molecule has 0 spiro atoms. The Labute approximate surface area is 105 Å². The summed E-state index contributed by atoms with van der Waals surface area (Å²) in [6.45, 7) is 3.23. The second-order valence-electron chi connectivity index (χ2n) is 4.31. The van der Waals surface area contributed by atoms with Gasteiger partial charge >= 0.3 is 0 Å². The number of hydrogen-bond acceptors (Lipinski definition) is 4. The quantitative estimate of drug-likeness (QED) is 0.888. The lowest BCUT2D eigenvalue weighted by Crippen LogP contribution is -2.40. The molecule has 92 valence electrons. The van der Waals surface area contributed by atoms with Crippen molar-refractivity contribution in [2.45, 2.75) is 25.4 Å². The van der Waals surface area contributed by atoms with Crippen LogP contribution in [0.1, 0.15) is 30.3 Å². The van der Waals surface area contributed by atoms with E-state index >= 15 is 0 Å². The fraction of sp³-hybridized carbons (Fsp3) is 0.545. The summed E-state index contributed by atoms with van der Waals surface area (Å²) < 4.78 is 5.57. The van der Waals surface area contributed by atoms with Gasteiger partial charge in [0.2, 0.25) is 0 Å². The molecule has 1 saturated heterocycles. The second-order valence-corrected chi connectivity index (χ2v) is 4.70. The van der Waals surface area contributed by atoms with E-state index in [9.17, 15) is 4.79 Å². The molecule has 1 aliphatic rings. The first kappa shape index (κ1) is 12.3. The number of nitrogens with one attached hydrogen (secondary N) is 1. The van der Waals surface area contributed by atoms with Gasteiger partial charge in [-0.05, 0) is 19.8 Å². The van der Waals surface area contributed by atoms with Crippen LogP contribution < -0.4 is 5.32 Å². The molecular formula is C11H14ClN3O2. The summed E-state index contributed by atoms with van der Waals surface area (Å²) >= 11 is 5.59. The Morgan fingerprint density at radius 3 is 3.00 bits per heavy atom. The third-order valence-electron chi connectivity index (χ3n) is 2.78. The molecule has 1 amide bonds. The molecule has 6 heteroatoms. The van der Waals surface area contributed by atoms with Crippen molar-refractivity contribution in [2.24, 2.45) is 0 Å². The van der Waals surface area contributed by atoms with E-state index in [2.05, 4.69) is 15.3 Å². The minimum absolute atomic E-state index is 0.254.